The summed E-state index contributed by atoms with van der Waals surface area (Å²) in [4.78, 5) is 25.4. The van der Waals surface area contributed by atoms with Gasteiger partial charge in [0.1, 0.15) is 5.82 Å². The van der Waals surface area contributed by atoms with Crippen molar-refractivity contribution in [3.05, 3.63) is 24.4 Å². The number of anilines is 1. The minimum absolute atomic E-state index is 0.0128. The van der Waals surface area contributed by atoms with Crippen LogP contribution in [0.4, 0.5) is 5.82 Å². The zero-order valence-electron chi connectivity index (χ0n) is 9.35. The lowest BCUT2D eigenvalue weighted by molar-refractivity contribution is -0.138. The van der Waals surface area contributed by atoms with Gasteiger partial charge < -0.3 is 15.7 Å². The summed E-state index contributed by atoms with van der Waals surface area (Å²) >= 11 is 0. The van der Waals surface area contributed by atoms with Crippen molar-refractivity contribution >= 4 is 17.7 Å². The number of pyridine rings is 1. The van der Waals surface area contributed by atoms with Crippen LogP contribution in [0.3, 0.4) is 0 Å². The van der Waals surface area contributed by atoms with Gasteiger partial charge in [0, 0.05) is 25.7 Å². The van der Waals surface area contributed by atoms with Crippen LogP contribution in [0.25, 0.3) is 0 Å². The van der Waals surface area contributed by atoms with Crippen LogP contribution in [-0.2, 0) is 9.59 Å². The normalized spacial score (nSPS) is 9.65. The number of carbonyl (C=O) groups excluding carboxylic acids is 1. The molecule has 0 bridgehead atoms. The number of carboxylic acid groups (broad SMARTS) is 1. The fourth-order valence-corrected chi connectivity index (χ4v) is 1.17. The highest BCUT2D eigenvalue weighted by molar-refractivity contribution is 5.80. The van der Waals surface area contributed by atoms with Gasteiger partial charge in [0.15, 0.2) is 0 Å². The van der Waals surface area contributed by atoms with Crippen LogP contribution in [0.2, 0.25) is 0 Å². The molecule has 0 spiro atoms. The maximum atomic E-state index is 11.1. The van der Waals surface area contributed by atoms with Gasteiger partial charge in [-0.1, -0.05) is 6.07 Å². The Morgan fingerprint density at radius 3 is 2.71 bits per heavy atom. The van der Waals surface area contributed by atoms with E-state index in [0.717, 1.165) is 5.82 Å². The molecule has 0 saturated carbocycles. The zero-order chi connectivity index (χ0) is 12.5. The van der Waals surface area contributed by atoms with Crippen LogP contribution in [0.1, 0.15) is 12.8 Å². The highest BCUT2D eigenvalue weighted by atomic mass is 16.4. The Hall–Kier alpha value is -2.11. The summed E-state index contributed by atoms with van der Waals surface area (Å²) in [5.41, 5.74) is 0. The monoisotopic (exact) mass is 237 g/mol. The molecule has 92 valence electrons. The smallest absolute Gasteiger partial charge is 0.303 e. The minimum atomic E-state index is -0.966. The SMILES string of the molecule is O=C(O)CCC(=O)NCCNc1ccccn1. The van der Waals surface area contributed by atoms with Crippen molar-refractivity contribution in [2.75, 3.05) is 18.4 Å². The molecule has 0 aliphatic heterocycles. The fraction of sp³-hybridized carbons (Fsp3) is 0.364. The molecule has 0 aliphatic carbocycles. The van der Waals surface area contributed by atoms with Gasteiger partial charge in [0.2, 0.25) is 5.91 Å². The van der Waals surface area contributed by atoms with E-state index >= 15 is 0 Å². The Morgan fingerprint density at radius 1 is 1.24 bits per heavy atom. The molecule has 1 aromatic heterocycles. The number of amides is 1. The average molecular weight is 237 g/mol. The van der Waals surface area contributed by atoms with Gasteiger partial charge in [-0.25, -0.2) is 4.98 Å². The lowest BCUT2D eigenvalue weighted by Crippen LogP contribution is -2.29. The second-order valence-electron chi connectivity index (χ2n) is 3.39. The van der Waals surface area contributed by atoms with Crippen molar-refractivity contribution in [1.82, 2.24) is 10.3 Å². The summed E-state index contributed by atoms with van der Waals surface area (Å²) in [6, 6.07) is 5.51. The summed E-state index contributed by atoms with van der Waals surface area (Å²) in [7, 11) is 0. The standard InChI is InChI=1S/C11H15N3O3/c15-10(4-5-11(16)17)14-8-7-13-9-3-1-2-6-12-9/h1-3,6H,4-5,7-8H2,(H,12,13)(H,14,15)(H,16,17). The van der Waals surface area contributed by atoms with Crippen molar-refractivity contribution in [1.29, 1.82) is 0 Å². The van der Waals surface area contributed by atoms with Crippen molar-refractivity contribution in [2.24, 2.45) is 0 Å². The molecule has 0 atom stereocenters. The Kier molecular flexibility index (Phi) is 5.50. The Bertz CT molecular complexity index is 367. The molecule has 17 heavy (non-hydrogen) atoms. The maximum absolute atomic E-state index is 11.1. The third-order valence-corrected chi connectivity index (χ3v) is 1.98. The molecule has 6 nitrogen and oxygen atoms in total. The number of carboxylic acids is 1. The summed E-state index contributed by atoms with van der Waals surface area (Å²) in [6.45, 7) is 0.991. The van der Waals surface area contributed by atoms with E-state index in [9.17, 15) is 9.59 Å². The number of carbonyl (C=O) groups is 2. The maximum Gasteiger partial charge on any atom is 0.303 e. The van der Waals surface area contributed by atoms with Gasteiger partial charge in [-0.2, -0.15) is 0 Å². The van der Waals surface area contributed by atoms with E-state index in [4.69, 9.17) is 5.11 Å². The van der Waals surface area contributed by atoms with E-state index in [2.05, 4.69) is 15.6 Å². The van der Waals surface area contributed by atoms with Gasteiger partial charge in [0.25, 0.3) is 0 Å². The van der Waals surface area contributed by atoms with Crippen LogP contribution in [0, 0.1) is 0 Å². The first-order valence-corrected chi connectivity index (χ1v) is 5.32. The van der Waals surface area contributed by atoms with Crippen molar-refractivity contribution < 1.29 is 14.7 Å². The summed E-state index contributed by atoms with van der Waals surface area (Å²) in [6.07, 6.45) is 1.55. The Morgan fingerprint density at radius 2 is 2.06 bits per heavy atom. The van der Waals surface area contributed by atoms with Crippen LogP contribution in [-0.4, -0.2) is 35.1 Å². The number of nitrogens with zero attached hydrogens (tertiary/aromatic N) is 1. The molecule has 1 aromatic rings. The van der Waals surface area contributed by atoms with Gasteiger partial charge in [-0.05, 0) is 12.1 Å². The lowest BCUT2D eigenvalue weighted by Gasteiger charge is -2.06. The number of aromatic nitrogens is 1. The first-order valence-electron chi connectivity index (χ1n) is 5.32. The summed E-state index contributed by atoms with van der Waals surface area (Å²) in [5, 5.41) is 14.0. The summed E-state index contributed by atoms with van der Waals surface area (Å²) < 4.78 is 0. The second kappa shape index (κ2) is 7.21. The molecule has 0 fully saturated rings. The van der Waals surface area contributed by atoms with Crippen LogP contribution in [0.5, 0.6) is 0 Å². The predicted molar refractivity (Wildman–Crippen MR) is 62.6 cm³/mol. The van der Waals surface area contributed by atoms with E-state index in [1.54, 1.807) is 6.20 Å². The van der Waals surface area contributed by atoms with Gasteiger partial charge >= 0.3 is 5.97 Å². The van der Waals surface area contributed by atoms with E-state index in [1.165, 1.54) is 0 Å². The predicted octanol–water partition coefficient (Wildman–Crippen LogP) is 0.474. The highest BCUT2D eigenvalue weighted by Crippen LogP contribution is 1.97. The van der Waals surface area contributed by atoms with Gasteiger partial charge in [-0.15, -0.1) is 0 Å². The second-order valence-corrected chi connectivity index (χ2v) is 3.39. The number of hydrogen-bond acceptors (Lipinski definition) is 4. The topological polar surface area (TPSA) is 91.3 Å². The third kappa shape index (κ3) is 6.14. The molecule has 1 rings (SSSR count). The van der Waals surface area contributed by atoms with Crippen molar-refractivity contribution in [3.63, 3.8) is 0 Å². The quantitative estimate of drug-likeness (QED) is 0.600. The Balaban J connectivity index is 2.08. The molecule has 6 heteroatoms. The van der Waals surface area contributed by atoms with Crippen LogP contribution < -0.4 is 10.6 Å². The van der Waals surface area contributed by atoms with Crippen molar-refractivity contribution in [3.8, 4) is 0 Å². The van der Waals surface area contributed by atoms with E-state index in [1.807, 2.05) is 18.2 Å². The minimum Gasteiger partial charge on any atom is -0.481 e. The zero-order valence-corrected chi connectivity index (χ0v) is 9.35. The number of nitrogens with one attached hydrogen (secondary N) is 2. The first-order chi connectivity index (χ1) is 8.18. The first kappa shape index (κ1) is 13.0. The van der Waals surface area contributed by atoms with Gasteiger partial charge in [0.05, 0.1) is 6.42 Å². The van der Waals surface area contributed by atoms with E-state index in [0.29, 0.717) is 13.1 Å². The molecule has 1 heterocycles. The molecule has 0 aliphatic rings. The average Bonchev–Trinajstić information content (AvgIpc) is 2.33. The molecule has 0 saturated heterocycles. The highest BCUT2D eigenvalue weighted by Gasteiger charge is 2.03. The molecule has 1 amide bonds. The van der Waals surface area contributed by atoms with Crippen LogP contribution in [0.15, 0.2) is 24.4 Å². The molecular formula is C11H15N3O3. The fourth-order valence-electron chi connectivity index (χ4n) is 1.17. The summed E-state index contributed by atoms with van der Waals surface area (Å²) in [5.74, 6) is -0.478. The van der Waals surface area contributed by atoms with Crippen molar-refractivity contribution in [2.45, 2.75) is 12.8 Å². The van der Waals surface area contributed by atoms with Gasteiger partial charge in [-0.3, -0.25) is 9.59 Å². The molecule has 3 N–H and O–H groups in total. The molecule has 0 aromatic carbocycles. The molecule has 0 unspecified atom stereocenters. The van der Waals surface area contributed by atoms with E-state index in [-0.39, 0.29) is 18.7 Å². The number of rotatable bonds is 7. The van der Waals surface area contributed by atoms with Crippen LogP contribution >= 0.6 is 0 Å². The molecular weight excluding hydrogens is 222 g/mol. The largest absolute Gasteiger partial charge is 0.481 e. The van der Waals surface area contributed by atoms with E-state index < -0.39 is 5.97 Å². The molecule has 0 radical (unpaired) electrons. The lowest BCUT2D eigenvalue weighted by atomic mass is 10.3. The Labute approximate surface area is 99.1 Å². The number of hydrogen-bond donors (Lipinski definition) is 3. The third-order valence-electron chi connectivity index (χ3n) is 1.98. The number of aliphatic carboxylic acids is 1.